The lowest BCUT2D eigenvalue weighted by atomic mass is 9.95. The summed E-state index contributed by atoms with van der Waals surface area (Å²) < 4.78 is 10.9. The van der Waals surface area contributed by atoms with Crippen LogP contribution in [0.1, 0.15) is 37.7 Å². The van der Waals surface area contributed by atoms with E-state index in [9.17, 15) is 9.59 Å². The van der Waals surface area contributed by atoms with E-state index in [0.717, 1.165) is 18.4 Å². The number of halogens is 1. The number of hydrogen-bond acceptors (Lipinski definition) is 5. The topological polar surface area (TPSA) is 89.0 Å². The molecule has 7 nitrogen and oxygen atoms in total. The molecule has 0 bridgehead atoms. The van der Waals surface area contributed by atoms with Crippen molar-refractivity contribution in [1.29, 1.82) is 0 Å². The molecule has 1 aliphatic carbocycles. The molecule has 1 fully saturated rings. The Balaban J connectivity index is 1.35. The molecule has 2 aromatic rings. The van der Waals surface area contributed by atoms with Crippen LogP contribution in [0.15, 0.2) is 53.6 Å². The molecule has 0 spiro atoms. The molecule has 0 aromatic heterocycles. The van der Waals surface area contributed by atoms with Crippen LogP contribution in [0.25, 0.3) is 0 Å². The van der Waals surface area contributed by atoms with Gasteiger partial charge in [0.2, 0.25) is 0 Å². The molecule has 0 saturated heterocycles. The van der Waals surface area contributed by atoms with Crippen LogP contribution in [0.4, 0.5) is 0 Å². The molecule has 0 heterocycles. The summed E-state index contributed by atoms with van der Waals surface area (Å²) in [5.74, 6) is 0.666. The van der Waals surface area contributed by atoms with Gasteiger partial charge in [-0.05, 0) is 66.9 Å². The van der Waals surface area contributed by atoms with Gasteiger partial charge in [0.25, 0.3) is 11.8 Å². The highest BCUT2D eigenvalue weighted by Gasteiger charge is 2.15. The summed E-state index contributed by atoms with van der Waals surface area (Å²) in [6, 6.07) is 14.1. The Bertz CT molecular complexity index is 879. The van der Waals surface area contributed by atoms with Crippen LogP contribution in [0.5, 0.6) is 11.5 Å². The molecule has 2 N–H and O–H groups in total. The first-order valence-corrected chi connectivity index (χ1v) is 10.7. The molecular weight excluding hydrogens is 418 g/mol. The van der Waals surface area contributed by atoms with Crippen molar-refractivity contribution in [3.05, 3.63) is 59.1 Å². The van der Waals surface area contributed by atoms with Gasteiger partial charge in [-0.15, -0.1) is 0 Å². The van der Waals surface area contributed by atoms with E-state index >= 15 is 0 Å². The summed E-state index contributed by atoms with van der Waals surface area (Å²) in [5, 5.41) is 7.52. The summed E-state index contributed by atoms with van der Waals surface area (Å²) in [4.78, 5) is 23.8. The van der Waals surface area contributed by atoms with Crippen LogP contribution in [0, 0.1) is 0 Å². The normalized spacial score (nSPS) is 14.2. The van der Waals surface area contributed by atoms with Crippen LogP contribution >= 0.6 is 11.6 Å². The number of hydrogen-bond donors (Lipinski definition) is 2. The molecular formula is C23H26ClN3O4. The summed E-state index contributed by atoms with van der Waals surface area (Å²) in [7, 11) is 0. The molecule has 0 radical (unpaired) electrons. The van der Waals surface area contributed by atoms with Crippen molar-refractivity contribution in [2.75, 3.05) is 13.2 Å². The van der Waals surface area contributed by atoms with Crippen LogP contribution in [-0.2, 0) is 9.59 Å². The molecule has 2 amide bonds. The Labute approximate surface area is 186 Å². The highest BCUT2D eigenvalue weighted by molar-refractivity contribution is 6.30. The second-order valence-corrected chi connectivity index (χ2v) is 7.73. The third-order valence-electron chi connectivity index (χ3n) is 4.81. The summed E-state index contributed by atoms with van der Waals surface area (Å²) in [5.41, 5.74) is 3.18. The fraction of sp³-hybridized carbons (Fsp3) is 0.348. The summed E-state index contributed by atoms with van der Waals surface area (Å²) in [6.07, 6.45) is 7.20. The Morgan fingerprint density at radius 2 is 1.48 bits per heavy atom. The predicted molar refractivity (Wildman–Crippen MR) is 120 cm³/mol. The fourth-order valence-corrected chi connectivity index (χ4v) is 3.33. The number of carbonyl (C=O) groups is 2. The van der Waals surface area contributed by atoms with Gasteiger partial charge in [-0.1, -0.05) is 30.9 Å². The van der Waals surface area contributed by atoms with Gasteiger partial charge in [-0.2, -0.15) is 5.10 Å². The predicted octanol–water partition coefficient (Wildman–Crippen LogP) is 3.70. The van der Waals surface area contributed by atoms with Crippen LogP contribution in [0.2, 0.25) is 5.02 Å². The number of hydrazone groups is 1. The minimum atomic E-state index is -0.380. The maximum Gasteiger partial charge on any atom is 0.277 e. The monoisotopic (exact) mass is 443 g/mol. The second-order valence-electron chi connectivity index (χ2n) is 7.30. The SMILES string of the molecule is O=C(COc1ccc(Cl)cc1)N/N=C/c1ccc(OCC(=O)NC2CCCCC2)cc1. The smallest absolute Gasteiger partial charge is 0.277 e. The first-order chi connectivity index (χ1) is 15.1. The minimum absolute atomic E-state index is 0.00634. The van der Waals surface area contributed by atoms with Crippen molar-refractivity contribution in [3.63, 3.8) is 0 Å². The maximum absolute atomic E-state index is 12.0. The Kier molecular flexibility index (Phi) is 8.72. The average molecular weight is 444 g/mol. The van der Waals surface area contributed by atoms with Gasteiger partial charge in [0.05, 0.1) is 6.21 Å². The zero-order valence-electron chi connectivity index (χ0n) is 17.2. The molecule has 0 aliphatic heterocycles. The molecule has 0 atom stereocenters. The lowest BCUT2D eigenvalue weighted by molar-refractivity contribution is -0.124. The largest absolute Gasteiger partial charge is 0.484 e. The van der Waals surface area contributed by atoms with E-state index in [1.165, 1.54) is 25.5 Å². The van der Waals surface area contributed by atoms with Gasteiger partial charge in [0, 0.05) is 11.1 Å². The lowest BCUT2D eigenvalue weighted by Crippen LogP contribution is -2.38. The van der Waals surface area contributed by atoms with E-state index in [1.54, 1.807) is 48.5 Å². The Hall–Kier alpha value is -3.06. The van der Waals surface area contributed by atoms with E-state index in [0.29, 0.717) is 16.5 Å². The van der Waals surface area contributed by atoms with E-state index < -0.39 is 0 Å². The molecule has 164 valence electrons. The van der Waals surface area contributed by atoms with Crippen LogP contribution in [-0.4, -0.2) is 37.3 Å². The summed E-state index contributed by atoms with van der Waals surface area (Å²) in [6.45, 7) is -0.164. The average Bonchev–Trinajstić information content (AvgIpc) is 2.79. The van der Waals surface area contributed by atoms with Gasteiger partial charge in [-0.25, -0.2) is 5.43 Å². The molecule has 0 unspecified atom stereocenters. The standard InChI is InChI=1S/C23H26ClN3O4/c24-18-8-12-21(13-9-18)31-16-23(29)27-25-14-17-6-10-20(11-7-17)30-15-22(28)26-19-4-2-1-3-5-19/h6-14,19H,1-5,15-16H2,(H,26,28)(H,27,29)/b25-14+. The minimum Gasteiger partial charge on any atom is -0.484 e. The van der Waals surface area contributed by atoms with Gasteiger partial charge < -0.3 is 14.8 Å². The fourth-order valence-electron chi connectivity index (χ4n) is 3.21. The number of amides is 2. The number of ether oxygens (including phenoxy) is 2. The van der Waals surface area contributed by atoms with Crippen molar-refractivity contribution in [2.45, 2.75) is 38.1 Å². The Morgan fingerprint density at radius 1 is 0.903 bits per heavy atom. The third kappa shape index (κ3) is 8.30. The van der Waals surface area contributed by atoms with E-state index in [1.807, 2.05) is 0 Å². The van der Waals surface area contributed by atoms with Crippen molar-refractivity contribution >= 4 is 29.6 Å². The number of nitrogens with zero attached hydrogens (tertiary/aromatic N) is 1. The Morgan fingerprint density at radius 3 is 2.13 bits per heavy atom. The zero-order chi connectivity index (χ0) is 21.9. The number of nitrogens with one attached hydrogen (secondary N) is 2. The van der Waals surface area contributed by atoms with Crippen molar-refractivity contribution in [2.24, 2.45) is 5.10 Å². The van der Waals surface area contributed by atoms with Gasteiger partial charge in [0.15, 0.2) is 13.2 Å². The first-order valence-electron chi connectivity index (χ1n) is 10.3. The third-order valence-corrected chi connectivity index (χ3v) is 5.06. The van der Waals surface area contributed by atoms with Gasteiger partial charge in [-0.3, -0.25) is 9.59 Å². The van der Waals surface area contributed by atoms with E-state index in [-0.39, 0.29) is 31.1 Å². The molecule has 3 rings (SSSR count). The molecule has 1 saturated carbocycles. The maximum atomic E-state index is 12.0. The van der Waals surface area contributed by atoms with Gasteiger partial charge in [0.1, 0.15) is 11.5 Å². The van der Waals surface area contributed by atoms with Crippen molar-refractivity contribution in [1.82, 2.24) is 10.7 Å². The summed E-state index contributed by atoms with van der Waals surface area (Å²) >= 11 is 5.80. The molecule has 2 aromatic carbocycles. The zero-order valence-corrected chi connectivity index (χ0v) is 17.9. The molecule has 8 heteroatoms. The van der Waals surface area contributed by atoms with Crippen LogP contribution in [0.3, 0.4) is 0 Å². The van der Waals surface area contributed by atoms with Crippen molar-refractivity contribution < 1.29 is 19.1 Å². The first kappa shape index (κ1) is 22.6. The van der Waals surface area contributed by atoms with Crippen LogP contribution < -0.4 is 20.2 Å². The number of benzene rings is 2. The highest BCUT2D eigenvalue weighted by atomic mass is 35.5. The lowest BCUT2D eigenvalue weighted by Gasteiger charge is -2.22. The highest BCUT2D eigenvalue weighted by Crippen LogP contribution is 2.17. The molecule has 31 heavy (non-hydrogen) atoms. The quantitative estimate of drug-likeness (QED) is 0.457. The van der Waals surface area contributed by atoms with E-state index in [4.69, 9.17) is 21.1 Å². The molecule has 1 aliphatic rings. The number of rotatable bonds is 9. The van der Waals surface area contributed by atoms with Gasteiger partial charge >= 0.3 is 0 Å². The number of carbonyl (C=O) groups excluding carboxylic acids is 2. The second kappa shape index (κ2) is 12.0. The van der Waals surface area contributed by atoms with Crippen molar-refractivity contribution in [3.8, 4) is 11.5 Å². The van der Waals surface area contributed by atoms with E-state index in [2.05, 4.69) is 15.8 Å².